The molecule has 2 atom stereocenters. The summed E-state index contributed by atoms with van der Waals surface area (Å²) in [7, 11) is 0. The molecule has 0 saturated carbocycles. The second kappa shape index (κ2) is 6.87. The van der Waals surface area contributed by atoms with E-state index in [1.54, 1.807) is 6.20 Å². The van der Waals surface area contributed by atoms with Crippen molar-refractivity contribution >= 4 is 17.4 Å². The highest BCUT2D eigenvalue weighted by Crippen LogP contribution is 2.33. The summed E-state index contributed by atoms with van der Waals surface area (Å²) >= 11 is 6.08. The van der Waals surface area contributed by atoms with E-state index >= 15 is 0 Å². The second-order valence-electron chi connectivity index (χ2n) is 5.20. The van der Waals surface area contributed by atoms with E-state index < -0.39 is 0 Å². The van der Waals surface area contributed by atoms with E-state index in [0.717, 1.165) is 26.0 Å². The first-order valence-corrected chi connectivity index (χ1v) is 7.58. The van der Waals surface area contributed by atoms with Gasteiger partial charge in [-0.2, -0.15) is 0 Å². The molecule has 1 aliphatic heterocycles. The third-order valence-corrected chi connectivity index (χ3v) is 4.05. The third kappa shape index (κ3) is 3.52. The Morgan fingerprint density at radius 3 is 2.95 bits per heavy atom. The molecule has 2 heterocycles. The Labute approximate surface area is 129 Å². The SMILES string of the molecule is Clc1cncnc1NCC1CCCOC1c1ccccc1. The van der Waals surface area contributed by atoms with Gasteiger partial charge < -0.3 is 10.1 Å². The minimum Gasteiger partial charge on any atom is -0.373 e. The predicted molar refractivity (Wildman–Crippen MR) is 83.4 cm³/mol. The molecule has 21 heavy (non-hydrogen) atoms. The van der Waals surface area contributed by atoms with Crippen LogP contribution in [0.25, 0.3) is 0 Å². The summed E-state index contributed by atoms with van der Waals surface area (Å²) in [5.41, 5.74) is 1.23. The Balaban J connectivity index is 1.69. The molecule has 1 N–H and O–H groups in total. The van der Waals surface area contributed by atoms with E-state index in [0.29, 0.717) is 16.8 Å². The maximum Gasteiger partial charge on any atom is 0.148 e. The van der Waals surface area contributed by atoms with Crippen molar-refractivity contribution in [3.63, 3.8) is 0 Å². The smallest absolute Gasteiger partial charge is 0.148 e. The van der Waals surface area contributed by atoms with E-state index in [1.807, 2.05) is 6.07 Å². The molecule has 0 aliphatic carbocycles. The van der Waals surface area contributed by atoms with Crippen LogP contribution in [0.3, 0.4) is 0 Å². The summed E-state index contributed by atoms with van der Waals surface area (Å²) in [6.07, 6.45) is 5.46. The summed E-state index contributed by atoms with van der Waals surface area (Å²) in [6, 6.07) is 10.4. The number of nitrogens with zero attached hydrogens (tertiary/aromatic N) is 2. The third-order valence-electron chi connectivity index (χ3n) is 3.77. The van der Waals surface area contributed by atoms with Crippen molar-refractivity contribution in [3.05, 3.63) is 53.4 Å². The van der Waals surface area contributed by atoms with E-state index in [4.69, 9.17) is 16.3 Å². The summed E-state index contributed by atoms with van der Waals surface area (Å²) in [4.78, 5) is 8.06. The molecule has 0 amide bonds. The van der Waals surface area contributed by atoms with Crippen molar-refractivity contribution in [3.8, 4) is 0 Å². The molecule has 1 aliphatic rings. The number of nitrogens with one attached hydrogen (secondary N) is 1. The molecule has 2 unspecified atom stereocenters. The number of hydrogen-bond donors (Lipinski definition) is 1. The molecule has 110 valence electrons. The van der Waals surface area contributed by atoms with Crippen LogP contribution in [0.4, 0.5) is 5.82 Å². The van der Waals surface area contributed by atoms with Gasteiger partial charge in [0.1, 0.15) is 17.2 Å². The van der Waals surface area contributed by atoms with Crippen molar-refractivity contribution in [1.82, 2.24) is 9.97 Å². The van der Waals surface area contributed by atoms with Gasteiger partial charge in [-0.1, -0.05) is 41.9 Å². The Morgan fingerprint density at radius 2 is 2.14 bits per heavy atom. The van der Waals surface area contributed by atoms with E-state index in [-0.39, 0.29) is 6.10 Å². The molecule has 3 rings (SSSR count). The van der Waals surface area contributed by atoms with Crippen molar-refractivity contribution in [2.45, 2.75) is 18.9 Å². The number of hydrogen-bond acceptors (Lipinski definition) is 4. The number of rotatable bonds is 4. The zero-order valence-electron chi connectivity index (χ0n) is 11.7. The van der Waals surface area contributed by atoms with Gasteiger partial charge in [0.25, 0.3) is 0 Å². The van der Waals surface area contributed by atoms with Gasteiger partial charge in [0.2, 0.25) is 0 Å². The largest absolute Gasteiger partial charge is 0.373 e. The van der Waals surface area contributed by atoms with Gasteiger partial charge in [0.05, 0.1) is 12.3 Å². The Morgan fingerprint density at radius 1 is 1.29 bits per heavy atom. The molecular formula is C16H18ClN3O. The average molecular weight is 304 g/mol. The summed E-state index contributed by atoms with van der Waals surface area (Å²) in [5, 5.41) is 3.87. The highest BCUT2D eigenvalue weighted by atomic mass is 35.5. The predicted octanol–water partition coefficient (Wildman–Crippen LogP) is 3.71. The molecule has 1 fully saturated rings. The van der Waals surface area contributed by atoms with Gasteiger partial charge in [-0.25, -0.2) is 9.97 Å². The number of benzene rings is 1. The maximum absolute atomic E-state index is 6.08. The topological polar surface area (TPSA) is 47.0 Å². The quantitative estimate of drug-likeness (QED) is 0.935. The molecule has 1 aromatic heterocycles. The standard InChI is InChI=1S/C16H18ClN3O/c17-14-10-18-11-20-16(14)19-9-13-7-4-8-21-15(13)12-5-2-1-3-6-12/h1-3,5-6,10-11,13,15H,4,7-9H2,(H,18,19,20). The zero-order valence-corrected chi connectivity index (χ0v) is 12.5. The Kier molecular flexibility index (Phi) is 4.68. The molecule has 2 aromatic rings. The van der Waals surface area contributed by atoms with Crippen LogP contribution in [0, 0.1) is 5.92 Å². The van der Waals surface area contributed by atoms with Gasteiger partial charge in [0.15, 0.2) is 0 Å². The van der Waals surface area contributed by atoms with E-state index in [2.05, 4.69) is 39.6 Å². The molecule has 0 radical (unpaired) electrons. The summed E-state index contributed by atoms with van der Waals surface area (Å²) in [5.74, 6) is 1.09. The van der Waals surface area contributed by atoms with Crippen LogP contribution in [0.5, 0.6) is 0 Å². The minimum atomic E-state index is 0.132. The van der Waals surface area contributed by atoms with E-state index in [9.17, 15) is 0 Å². The van der Waals surface area contributed by atoms with Crippen LogP contribution in [-0.4, -0.2) is 23.1 Å². The van der Waals surface area contributed by atoms with Crippen LogP contribution in [0.1, 0.15) is 24.5 Å². The number of aromatic nitrogens is 2. The number of ether oxygens (including phenoxy) is 1. The molecule has 0 spiro atoms. The van der Waals surface area contributed by atoms with Gasteiger partial charge in [-0.15, -0.1) is 0 Å². The first-order chi connectivity index (χ1) is 10.3. The molecular weight excluding hydrogens is 286 g/mol. The maximum atomic E-state index is 6.08. The van der Waals surface area contributed by atoms with Crippen molar-refractivity contribution in [2.75, 3.05) is 18.5 Å². The number of anilines is 1. The monoisotopic (exact) mass is 303 g/mol. The van der Waals surface area contributed by atoms with Crippen molar-refractivity contribution in [1.29, 1.82) is 0 Å². The van der Waals surface area contributed by atoms with Gasteiger partial charge in [0, 0.05) is 19.1 Å². The van der Waals surface area contributed by atoms with Gasteiger partial charge in [-0.3, -0.25) is 0 Å². The van der Waals surface area contributed by atoms with Crippen LogP contribution < -0.4 is 5.32 Å². The zero-order chi connectivity index (χ0) is 14.5. The molecule has 1 aromatic carbocycles. The van der Waals surface area contributed by atoms with Crippen LogP contribution >= 0.6 is 11.6 Å². The fraction of sp³-hybridized carbons (Fsp3) is 0.375. The molecule has 5 heteroatoms. The van der Waals surface area contributed by atoms with Crippen molar-refractivity contribution in [2.24, 2.45) is 5.92 Å². The normalized spacial score (nSPS) is 22.0. The van der Waals surface area contributed by atoms with Gasteiger partial charge in [-0.05, 0) is 18.4 Å². The van der Waals surface area contributed by atoms with Gasteiger partial charge >= 0.3 is 0 Å². The van der Waals surface area contributed by atoms with Crippen LogP contribution in [-0.2, 0) is 4.74 Å². The van der Waals surface area contributed by atoms with Crippen LogP contribution in [0.15, 0.2) is 42.9 Å². The summed E-state index contributed by atoms with van der Waals surface area (Å²) in [6.45, 7) is 1.61. The lowest BCUT2D eigenvalue weighted by Crippen LogP contribution is -2.28. The molecule has 4 nitrogen and oxygen atoms in total. The summed E-state index contributed by atoms with van der Waals surface area (Å²) < 4.78 is 5.99. The highest BCUT2D eigenvalue weighted by molar-refractivity contribution is 6.32. The fourth-order valence-electron chi connectivity index (χ4n) is 2.73. The van der Waals surface area contributed by atoms with Crippen molar-refractivity contribution < 1.29 is 4.74 Å². The first-order valence-electron chi connectivity index (χ1n) is 7.20. The lowest BCUT2D eigenvalue weighted by molar-refractivity contribution is -0.0238. The molecule has 1 saturated heterocycles. The Hall–Kier alpha value is -1.65. The molecule has 0 bridgehead atoms. The first kappa shape index (κ1) is 14.3. The second-order valence-corrected chi connectivity index (χ2v) is 5.61. The fourth-order valence-corrected chi connectivity index (χ4v) is 2.91. The Bertz CT molecular complexity index is 579. The lowest BCUT2D eigenvalue weighted by Gasteiger charge is -2.32. The lowest BCUT2D eigenvalue weighted by atomic mass is 9.89. The minimum absolute atomic E-state index is 0.132. The highest BCUT2D eigenvalue weighted by Gasteiger charge is 2.27. The average Bonchev–Trinajstić information content (AvgIpc) is 2.55. The van der Waals surface area contributed by atoms with E-state index in [1.165, 1.54) is 11.9 Å². The number of halogens is 1. The van der Waals surface area contributed by atoms with Crippen LogP contribution in [0.2, 0.25) is 5.02 Å².